The minimum absolute atomic E-state index is 0.0101. The molecule has 0 radical (unpaired) electrons. The molecule has 4 nitrogen and oxygen atoms in total. The fraction of sp³-hybridized carbons (Fsp3) is 0.333. The van der Waals surface area contributed by atoms with Gasteiger partial charge in [-0.05, 0) is 29.8 Å². The van der Waals surface area contributed by atoms with E-state index < -0.39 is 0 Å². The van der Waals surface area contributed by atoms with E-state index >= 15 is 0 Å². The van der Waals surface area contributed by atoms with Crippen LogP contribution >= 0.6 is 23.2 Å². The standard InChI is InChI=1S/C21H21Cl2FN2O2/c1-13(2)21(27)26(11-14-3-6-16(24)7-4-14)12-17-10-20(25-28-17)15-5-8-18(22)19(23)9-15/h3-9,13,17H,10-12H2,1-2H3/t17-/m1/s1. The van der Waals surface area contributed by atoms with E-state index in [1.54, 1.807) is 29.2 Å². The van der Waals surface area contributed by atoms with Crippen LogP contribution in [0.25, 0.3) is 0 Å². The molecular weight excluding hydrogens is 402 g/mol. The molecule has 1 aliphatic rings. The molecular formula is C21H21Cl2FN2O2. The highest BCUT2D eigenvalue weighted by Gasteiger charge is 2.28. The number of hydrogen-bond acceptors (Lipinski definition) is 3. The van der Waals surface area contributed by atoms with Crippen LogP contribution in [0.5, 0.6) is 0 Å². The van der Waals surface area contributed by atoms with Crippen molar-refractivity contribution in [3.63, 3.8) is 0 Å². The molecule has 0 aliphatic carbocycles. The highest BCUT2D eigenvalue weighted by atomic mass is 35.5. The van der Waals surface area contributed by atoms with Crippen molar-refractivity contribution in [3.8, 4) is 0 Å². The Labute approximate surface area is 173 Å². The van der Waals surface area contributed by atoms with E-state index in [-0.39, 0.29) is 23.7 Å². The predicted molar refractivity (Wildman–Crippen MR) is 109 cm³/mol. The van der Waals surface area contributed by atoms with E-state index in [4.69, 9.17) is 28.0 Å². The number of oxime groups is 1. The van der Waals surface area contributed by atoms with E-state index in [0.29, 0.717) is 29.6 Å². The van der Waals surface area contributed by atoms with Gasteiger partial charge in [-0.1, -0.05) is 60.4 Å². The lowest BCUT2D eigenvalue weighted by Gasteiger charge is -2.26. The van der Waals surface area contributed by atoms with Gasteiger partial charge in [0.25, 0.3) is 0 Å². The number of nitrogens with zero attached hydrogens (tertiary/aromatic N) is 2. The molecule has 0 N–H and O–H groups in total. The van der Waals surface area contributed by atoms with Crippen molar-refractivity contribution >= 4 is 34.8 Å². The second kappa shape index (κ2) is 8.93. The van der Waals surface area contributed by atoms with Gasteiger partial charge in [-0.3, -0.25) is 4.79 Å². The van der Waals surface area contributed by atoms with Gasteiger partial charge in [-0.25, -0.2) is 4.39 Å². The monoisotopic (exact) mass is 422 g/mol. The van der Waals surface area contributed by atoms with Gasteiger partial charge in [0.1, 0.15) is 5.82 Å². The molecule has 0 bridgehead atoms. The summed E-state index contributed by atoms with van der Waals surface area (Å²) in [6, 6.07) is 11.5. The fourth-order valence-electron chi connectivity index (χ4n) is 3.03. The highest BCUT2D eigenvalue weighted by Crippen LogP contribution is 2.26. The number of halogens is 3. The third kappa shape index (κ3) is 5.03. The Hall–Kier alpha value is -2.11. The normalized spacial score (nSPS) is 16.1. The largest absolute Gasteiger partial charge is 0.390 e. The van der Waals surface area contributed by atoms with E-state index in [1.165, 1.54) is 12.1 Å². The van der Waals surface area contributed by atoms with Crippen molar-refractivity contribution in [1.82, 2.24) is 4.90 Å². The second-order valence-corrected chi connectivity index (χ2v) is 7.91. The number of carbonyl (C=O) groups excluding carboxylic acids is 1. The van der Waals surface area contributed by atoms with Gasteiger partial charge in [0.05, 0.1) is 22.3 Å². The van der Waals surface area contributed by atoms with Gasteiger partial charge in [-0.15, -0.1) is 0 Å². The van der Waals surface area contributed by atoms with Gasteiger partial charge < -0.3 is 9.74 Å². The second-order valence-electron chi connectivity index (χ2n) is 7.10. The molecule has 0 saturated carbocycles. The van der Waals surface area contributed by atoms with Crippen LogP contribution < -0.4 is 0 Å². The molecule has 148 valence electrons. The van der Waals surface area contributed by atoms with Crippen LogP contribution in [0.2, 0.25) is 10.0 Å². The third-order valence-electron chi connectivity index (χ3n) is 4.50. The zero-order valence-electron chi connectivity index (χ0n) is 15.7. The van der Waals surface area contributed by atoms with Crippen LogP contribution in [-0.4, -0.2) is 29.2 Å². The SMILES string of the molecule is CC(C)C(=O)N(Cc1ccc(F)cc1)C[C@H]1CC(c2ccc(Cl)c(Cl)c2)=NO1. The van der Waals surface area contributed by atoms with Gasteiger partial charge >= 0.3 is 0 Å². The summed E-state index contributed by atoms with van der Waals surface area (Å²) in [5, 5.41) is 5.10. The molecule has 28 heavy (non-hydrogen) atoms. The Balaban J connectivity index is 1.68. The molecule has 0 fully saturated rings. The maximum absolute atomic E-state index is 13.2. The molecule has 2 aromatic carbocycles. The Morgan fingerprint density at radius 2 is 1.93 bits per heavy atom. The smallest absolute Gasteiger partial charge is 0.225 e. The minimum Gasteiger partial charge on any atom is -0.390 e. The van der Waals surface area contributed by atoms with Crippen LogP contribution in [0.4, 0.5) is 4.39 Å². The molecule has 0 aromatic heterocycles. The number of hydrogen-bond donors (Lipinski definition) is 0. The van der Waals surface area contributed by atoms with Crippen molar-refractivity contribution in [2.45, 2.75) is 32.9 Å². The van der Waals surface area contributed by atoms with Crippen LogP contribution in [0, 0.1) is 11.7 Å². The average molecular weight is 423 g/mol. The Bertz CT molecular complexity index is 884. The first-order valence-electron chi connectivity index (χ1n) is 9.05. The lowest BCUT2D eigenvalue weighted by Crippen LogP contribution is -2.39. The summed E-state index contributed by atoms with van der Waals surface area (Å²) >= 11 is 12.0. The Morgan fingerprint density at radius 1 is 1.21 bits per heavy atom. The molecule has 7 heteroatoms. The van der Waals surface area contributed by atoms with Gasteiger partial charge in [0.2, 0.25) is 5.91 Å². The van der Waals surface area contributed by atoms with Crippen molar-refractivity contribution in [2.24, 2.45) is 11.1 Å². The summed E-state index contributed by atoms with van der Waals surface area (Å²) in [6.07, 6.45) is 0.302. The summed E-state index contributed by atoms with van der Waals surface area (Å²) in [6.45, 7) is 4.49. The maximum Gasteiger partial charge on any atom is 0.225 e. The van der Waals surface area contributed by atoms with E-state index in [9.17, 15) is 9.18 Å². The highest BCUT2D eigenvalue weighted by molar-refractivity contribution is 6.42. The summed E-state index contributed by atoms with van der Waals surface area (Å²) < 4.78 is 13.2. The lowest BCUT2D eigenvalue weighted by atomic mass is 10.0. The molecule has 1 amide bonds. The van der Waals surface area contributed by atoms with E-state index in [0.717, 1.165) is 16.8 Å². The van der Waals surface area contributed by atoms with Crippen molar-refractivity contribution in [2.75, 3.05) is 6.54 Å². The van der Waals surface area contributed by atoms with Gasteiger partial charge in [0.15, 0.2) is 6.10 Å². The fourth-order valence-corrected chi connectivity index (χ4v) is 3.32. The summed E-state index contributed by atoms with van der Waals surface area (Å²) in [7, 11) is 0. The van der Waals surface area contributed by atoms with Crippen molar-refractivity contribution in [3.05, 3.63) is 69.5 Å². The topological polar surface area (TPSA) is 41.9 Å². The number of rotatable bonds is 6. The average Bonchev–Trinajstić information content (AvgIpc) is 3.13. The summed E-state index contributed by atoms with van der Waals surface area (Å²) in [5.41, 5.74) is 2.47. The zero-order valence-corrected chi connectivity index (χ0v) is 17.2. The molecule has 0 unspecified atom stereocenters. The molecule has 1 aliphatic heterocycles. The first-order chi connectivity index (χ1) is 13.3. The van der Waals surface area contributed by atoms with Crippen LogP contribution in [0.3, 0.4) is 0 Å². The maximum atomic E-state index is 13.2. The molecule has 0 saturated heterocycles. The molecule has 1 heterocycles. The quantitative estimate of drug-likeness (QED) is 0.632. The van der Waals surface area contributed by atoms with Gasteiger partial charge in [0, 0.05) is 24.4 Å². The minimum atomic E-state index is -0.302. The van der Waals surface area contributed by atoms with Gasteiger partial charge in [-0.2, -0.15) is 0 Å². The van der Waals surface area contributed by atoms with Crippen molar-refractivity contribution < 1.29 is 14.0 Å². The first-order valence-corrected chi connectivity index (χ1v) is 9.80. The first kappa shape index (κ1) is 20.6. The molecule has 0 spiro atoms. The predicted octanol–water partition coefficient (Wildman–Crippen LogP) is 5.31. The zero-order chi connectivity index (χ0) is 20.3. The Morgan fingerprint density at radius 3 is 2.57 bits per heavy atom. The molecule has 1 atom stereocenters. The summed E-state index contributed by atoms with van der Waals surface area (Å²) in [4.78, 5) is 20.0. The van der Waals surface area contributed by atoms with Crippen molar-refractivity contribution in [1.29, 1.82) is 0 Å². The number of amides is 1. The number of benzene rings is 2. The number of carbonyl (C=O) groups is 1. The van der Waals surface area contributed by atoms with Crippen LogP contribution in [0.1, 0.15) is 31.4 Å². The van der Waals surface area contributed by atoms with Crippen LogP contribution in [-0.2, 0) is 16.2 Å². The van der Waals surface area contributed by atoms with E-state index in [1.807, 2.05) is 19.9 Å². The van der Waals surface area contributed by atoms with Crippen LogP contribution in [0.15, 0.2) is 47.6 Å². The lowest BCUT2D eigenvalue weighted by molar-refractivity contribution is -0.136. The molecule has 2 aromatic rings. The Kier molecular flexibility index (Phi) is 6.57. The third-order valence-corrected chi connectivity index (χ3v) is 5.24. The summed E-state index contributed by atoms with van der Waals surface area (Å²) in [5.74, 6) is -0.447. The van der Waals surface area contributed by atoms with E-state index in [2.05, 4.69) is 5.16 Å². The molecule has 3 rings (SSSR count).